The van der Waals surface area contributed by atoms with Crippen molar-refractivity contribution in [2.75, 3.05) is 19.6 Å². The lowest BCUT2D eigenvalue weighted by molar-refractivity contribution is 0.486. The first-order chi connectivity index (χ1) is 12.7. The Balaban J connectivity index is 0.00000210. The third-order valence-corrected chi connectivity index (χ3v) is 5.00. The lowest BCUT2D eigenvalue weighted by atomic mass is 10.0. The Labute approximate surface area is 177 Å². The number of nitrogens with zero attached hydrogens (tertiary/aromatic N) is 4. The Kier molecular flexibility index (Phi) is 6.41. The van der Waals surface area contributed by atoms with Crippen LogP contribution in [0.25, 0.3) is 10.9 Å². The number of halogens is 1. The van der Waals surface area contributed by atoms with E-state index in [1.54, 1.807) is 0 Å². The highest BCUT2D eigenvalue weighted by molar-refractivity contribution is 14.0. The van der Waals surface area contributed by atoms with Crippen LogP contribution in [0.5, 0.6) is 0 Å². The number of aromatic amines is 1. The van der Waals surface area contributed by atoms with Gasteiger partial charge < -0.3 is 15.2 Å². The molecule has 4 rings (SSSR count). The highest BCUT2D eigenvalue weighted by atomic mass is 127. The summed E-state index contributed by atoms with van der Waals surface area (Å²) in [7, 11) is 1.97. The van der Waals surface area contributed by atoms with Crippen LogP contribution in [0.2, 0.25) is 0 Å². The number of hydrogen-bond donors (Lipinski definition) is 2. The Morgan fingerprint density at radius 1 is 1.37 bits per heavy atom. The Morgan fingerprint density at radius 2 is 2.22 bits per heavy atom. The number of para-hydroxylation sites is 1. The zero-order valence-electron chi connectivity index (χ0n) is 15.9. The Hall–Kier alpha value is -2.03. The first-order valence-corrected chi connectivity index (χ1v) is 9.31. The summed E-state index contributed by atoms with van der Waals surface area (Å²) in [5, 5.41) is 9.00. The van der Waals surface area contributed by atoms with E-state index in [-0.39, 0.29) is 24.0 Å². The van der Waals surface area contributed by atoms with E-state index in [0.29, 0.717) is 12.5 Å². The van der Waals surface area contributed by atoms with E-state index in [2.05, 4.69) is 63.8 Å². The summed E-state index contributed by atoms with van der Waals surface area (Å²) >= 11 is 0. The van der Waals surface area contributed by atoms with Crippen LogP contribution in [-0.2, 0) is 13.6 Å². The normalized spacial score (nSPS) is 17.3. The molecule has 0 amide bonds. The van der Waals surface area contributed by atoms with Crippen molar-refractivity contribution in [2.45, 2.75) is 25.8 Å². The molecule has 1 unspecified atom stereocenters. The summed E-state index contributed by atoms with van der Waals surface area (Å²) in [4.78, 5) is 10.7. The second kappa shape index (κ2) is 8.77. The standard InChI is InChI=1S/C20H26N6.HI/c1-3-21-20(22-12-18-10-15-6-4-5-7-19(15)24-18)26-9-8-16(14-26)17-11-23-25(2)13-17;/h4-7,10-11,13,16,24H,3,8-9,12,14H2,1-2H3,(H,21,22);1H. The van der Waals surface area contributed by atoms with Crippen molar-refractivity contribution in [3.05, 3.63) is 54.0 Å². The molecule has 0 bridgehead atoms. The third-order valence-electron chi connectivity index (χ3n) is 5.00. The topological polar surface area (TPSA) is 61.2 Å². The van der Waals surface area contributed by atoms with Gasteiger partial charge in [-0.05, 0) is 36.4 Å². The molecule has 0 spiro atoms. The average Bonchev–Trinajstić information content (AvgIpc) is 3.37. The molecule has 2 N–H and O–H groups in total. The van der Waals surface area contributed by atoms with E-state index in [1.807, 2.05) is 17.9 Å². The van der Waals surface area contributed by atoms with E-state index in [9.17, 15) is 0 Å². The number of likely N-dealkylation sites (tertiary alicyclic amines) is 1. The van der Waals surface area contributed by atoms with Gasteiger partial charge in [-0.2, -0.15) is 5.10 Å². The molecule has 0 aliphatic carbocycles. The van der Waals surface area contributed by atoms with Crippen molar-refractivity contribution in [3.63, 3.8) is 0 Å². The average molecular weight is 478 g/mol. The highest BCUT2D eigenvalue weighted by Crippen LogP contribution is 2.26. The molecule has 0 saturated carbocycles. The molecule has 3 aromatic rings. The van der Waals surface area contributed by atoms with Crippen molar-refractivity contribution < 1.29 is 0 Å². The van der Waals surface area contributed by atoms with Crippen molar-refractivity contribution in [3.8, 4) is 0 Å². The van der Waals surface area contributed by atoms with Gasteiger partial charge in [0.25, 0.3) is 0 Å². The fourth-order valence-corrected chi connectivity index (χ4v) is 3.68. The van der Waals surface area contributed by atoms with Gasteiger partial charge in [0.1, 0.15) is 0 Å². The maximum absolute atomic E-state index is 4.87. The summed E-state index contributed by atoms with van der Waals surface area (Å²) in [6.07, 6.45) is 5.26. The number of fused-ring (bicyclic) bond motifs is 1. The lowest BCUT2D eigenvalue weighted by Gasteiger charge is -2.21. The van der Waals surface area contributed by atoms with Gasteiger partial charge >= 0.3 is 0 Å². The van der Waals surface area contributed by atoms with Crippen LogP contribution in [0.3, 0.4) is 0 Å². The van der Waals surface area contributed by atoms with Crippen LogP contribution in [0.1, 0.15) is 30.5 Å². The van der Waals surface area contributed by atoms with Crippen molar-refractivity contribution >= 4 is 40.8 Å². The number of H-pyrrole nitrogens is 1. The molecule has 27 heavy (non-hydrogen) atoms. The van der Waals surface area contributed by atoms with Crippen LogP contribution in [0, 0.1) is 0 Å². The maximum Gasteiger partial charge on any atom is 0.194 e. The number of aryl methyl sites for hydroxylation is 1. The van der Waals surface area contributed by atoms with E-state index in [0.717, 1.165) is 37.7 Å². The fraction of sp³-hybridized carbons (Fsp3) is 0.400. The largest absolute Gasteiger partial charge is 0.357 e. The zero-order chi connectivity index (χ0) is 17.9. The molecule has 2 aromatic heterocycles. The lowest BCUT2D eigenvalue weighted by Crippen LogP contribution is -2.40. The highest BCUT2D eigenvalue weighted by Gasteiger charge is 2.26. The van der Waals surface area contributed by atoms with Gasteiger partial charge in [0, 0.05) is 50.0 Å². The predicted molar refractivity (Wildman–Crippen MR) is 121 cm³/mol. The number of nitrogens with one attached hydrogen (secondary N) is 2. The van der Waals surface area contributed by atoms with Gasteiger partial charge in [-0.3, -0.25) is 4.68 Å². The molecule has 6 nitrogen and oxygen atoms in total. The molecular formula is C20H27IN6. The molecule has 0 radical (unpaired) electrons. The second-order valence-electron chi connectivity index (χ2n) is 6.93. The van der Waals surface area contributed by atoms with E-state index < -0.39 is 0 Å². The quantitative estimate of drug-likeness (QED) is 0.343. The molecule has 1 fully saturated rings. The summed E-state index contributed by atoms with van der Waals surface area (Å²) in [6.45, 7) is 5.67. The van der Waals surface area contributed by atoms with Gasteiger partial charge in [-0.1, -0.05) is 18.2 Å². The van der Waals surface area contributed by atoms with Gasteiger partial charge in [-0.15, -0.1) is 24.0 Å². The van der Waals surface area contributed by atoms with Gasteiger partial charge in [0.05, 0.1) is 12.7 Å². The number of guanidine groups is 1. The van der Waals surface area contributed by atoms with Crippen LogP contribution >= 0.6 is 24.0 Å². The number of hydrogen-bond acceptors (Lipinski definition) is 2. The van der Waals surface area contributed by atoms with Crippen molar-refractivity contribution in [2.24, 2.45) is 12.0 Å². The minimum Gasteiger partial charge on any atom is -0.357 e. The zero-order valence-corrected chi connectivity index (χ0v) is 18.2. The van der Waals surface area contributed by atoms with Crippen LogP contribution in [-0.4, -0.2) is 45.3 Å². The molecular weight excluding hydrogens is 451 g/mol. The Bertz CT molecular complexity index is 879. The number of rotatable bonds is 4. The predicted octanol–water partition coefficient (Wildman–Crippen LogP) is 3.47. The van der Waals surface area contributed by atoms with E-state index >= 15 is 0 Å². The SMILES string of the molecule is CCNC(=NCc1cc2ccccc2[nH]1)N1CCC(c2cnn(C)c2)C1.I. The molecule has 7 heteroatoms. The second-order valence-corrected chi connectivity index (χ2v) is 6.93. The first-order valence-electron chi connectivity index (χ1n) is 9.31. The number of benzene rings is 1. The first kappa shape index (κ1) is 19.7. The fourth-order valence-electron chi connectivity index (χ4n) is 3.68. The van der Waals surface area contributed by atoms with Crippen molar-refractivity contribution in [1.82, 2.24) is 25.0 Å². The van der Waals surface area contributed by atoms with Gasteiger partial charge in [-0.25, -0.2) is 4.99 Å². The summed E-state index contributed by atoms with van der Waals surface area (Å²) in [6, 6.07) is 10.5. The minimum absolute atomic E-state index is 0. The number of aromatic nitrogens is 3. The van der Waals surface area contributed by atoms with Gasteiger partial charge in [0.2, 0.25) is 0 Å². The van der Waals surface area contributed by atoms with Crippen molar-refractivity contribution in [1.29, 1.82) is 0 Å². The summed E-state index contributed by atoms with van der Waals surface area (Å²) in [5.41, 5.74) is 3.63. The van der Waals surface area contributed by atoms with E-state index in [1.165, 1.54) is 16.5 Å². The number of aliphatic imine (C=N–C) groups is 1. The Morgan fingerprint density at radius 3 is 2.96 bits per heavy atom. The van der Waals surface area contributed by atoms with Crippen LogP contribution in [0.4, 0.5) is 0 Å². The molecule has 1 aliphatic heterocycles. The summed E-state index contributed by atoms with van der Waals surface area (Å²) < 4.78 is 1.88. The van der Waals surface area contributed by atoms with Crippen LogP contribution in [0.15, 0.2) is 47.7 Å². The van der Waals surface area contributed by atoms with Crippen LogP contribution < -0.4 is 5.32 Å². The molecule has 1 aromatic carbocycles. The molecule has 144 valence electrons. The minimum atomic E-state index is 0. The molecule has 1 atom stereocenters. The smallest absolute Gasteiger partial charge is 0.194 e. The molecule has 1 saturated heterocycles. The maximum atomic E-state index is 4.87. The molecule has 3 heterocycles. The van der Waals surface area contributed by atoms with Gasteiger partial charge in [0.15, 0.2) is 5.96 Å². The summed E-state index contributed by atoms with van der Waals surface area (Å²) in [5.74, 6) is 1.53. The molecule has 1 aliphatic rings. The monoisotopic (exact) mass is 478 g/mol. The third kappa shape index (κ3) is 4.45. The van der Waals surface area contributed by atoms with E-state index in [4.69, 9.17) is 4.99 Å².